The van der Waals surface area contributed by atoms with Crippen LogP contribution < -0.4 is 20.5 Å². The predicted molar refractivity (Wildman–Crippen MR) is 145 cm³/mol. The van der Waals surface area contributed by atoms with Crippen LogP contribution in [-0.4, -0.2) is 32.3 Å². The van der Waals surface area contributed by atoms with Gasteiger partial charge in [-0.3, -0.25) is 0 Å². The summed E-state index contributed by atoms with van der Waals surface area (Å²) in [6, 6.07) is 18.8. The lowest BCUT2D eigenvalue weighted by Gasteiger charge is -2.12. The molecule has 1 fully saturated rings. The number of halogens is 1. The van der Waals surface area contributed by atoms with Crippen LogP contribution in [0, 0.1) is 5.82 Å². The minimum atomic E-state index is -1.40. The van der Waals surface area contributed by atoms with E-state index in [-0.39, 0.29) is 17.6 Å². The van der Waals surface area contributed by atoms with Crippen molar-refractivity contribution in [3.63, 3.8) is 0 Å². The van der Waals surface area contributed by atoms with Crippen molar-refractivity contribution in [3.8, 4) is 22.9 Å². The van der Waals surface area contributed by atoms with Gasteiger partial charge in [-0.05, 0) is 61.8 Å². The molecule has 37 heavy (non-hydrogen) atoms. The largest absolute Gasteiger partial charge is 0.435 e. The van der Waals surface area contributed by atoms with E-state index in [1.54, 1.807) is 24.3 Å². The first-order valence-corrected chi connectivity index (χ1v) is 13.3. The van der Waals surface area contributed by atoms with Crippen molar-refractivity contribution < 1.29 is 13.3 Å². The number of anilines is 2. The summed E-state index contributed by atoms with van der Waals surface area (Å²) in [5, 5.41) is 3.28. The number of hydrogen-bond donors (Lipinski definition) is 3. The van der Waals surface area contributed by atoms with Crippen LogP contribution in [0.1, 0.15) is 24.8 Å². The maximum absolute atomic E-state index is 14.7. The van der Waals surface area contributed by atoms with Crippen molar-refractivity contribution in [3.05, 3.63) is 90.5 Å². The number of nitrogens with zero attached hydrogens (tertiary/aromatic N) is 3. The van der Waals surface area contributed by atoms with Gasteiger partial charge in [0.25, 0.3) is 0 Å². The summed E-state index contributed by atoms with van der Waals surface area (Å²) in [6.07, 6.45) is 7.27. The summed E-state index contributed by atoms with van der Waals surface area (Å²) in [5.41, 5.74) is 8.00. The van der Waals surface area contributed by atoms with Gasteiger partial charge in [-0.15, -0.1) is 0 Å². The molecule has 1 unspecified atom stereocenters. The van der Waals surface area contributed by atoms with E-state index >= 15 is 0 Å². The third kappa shape index (κ3) is 8.06. The second-order valence-electron chi connectivity index (χ2n) is 8.29. The van der Waals surface area contributed by atoms with Crippen molar-refractivity contribution >= 4 is 22.6 Å². The lowest BCUT2D eigenvalue weighted by Crippen LogP contribution is -2.21. The molecule has 1 aliphatic rings. The van der Waals surface area contributed by atoms with E-state index in [0.29, 0.717) is 22.7 Å². The fraction of sp³-hybridized carbons (Fsp3) is 0.222. The van der Waals surface area contributed by atoms with Crippen LogP contribution in [0.2, 0.25) is 0 Å². The molecule has 3 heterocycles. The number of nitrogens with one attached hydrogen (secondary N) is 2. The molecule has 192 valence electrons. The topological polar surface area (TPSA) is 115 Å². The summed E-state index contributed by atoms with van der Waals surface area (Å²) in [4.78, 5) is 12.2. The summed E-state index contributed by atoms with van der Waals surface area (Å²) >= 11 is 0. The number of rotatable bonds is 7. The van der Waals surface area contributed by atoms with E-state index in [2.05, 4.69) is 25.0 Å². The van der Waals surface area contributed by atoms with Crippen LogP contribution in [0.15, 0.2) is 79.1 Å². The van der Waals surface area contributed by atoms with Gasteiger partial charge in [0.1, 0.15) is 11.0 Å². The molecular formula is C27H29FN6O2S. The lowest BCUT2D eigenvalue weighted by atomic mass is 10.2. The Morgan fingerprint density at radius 1 is 0.973 bits per heavy atom. The molecule has 0 radical (unpaired) electrons. The monoisotopic (exact) mass is 520 g/mol. The van der Waals surface area contributed by atoms with Gasteiger partial charge >= 0.3 is 0 Å². The maximum Gasteiger partial charge on any atom is 0.228 e. The van der Waals surface area contributed by atoms with E-state index < -0.39 is 16.8 Å². The van der Waals surface area contributed by atoms with Crippen LogP contribution in [0.4, 0.5) is 16.0 Å². The maximum atomic E-state index is 14.7. The van der Waals surface area contributed by atoms with Gasteiger partial charge in [0.05, 0.1) is 17.0 Å². The van der Waals surface area contributed by atoms with Crippen LogP contribution in [-0.2, 0) is 16.7 Å². The molecule has 0 spiro atoms. The average Bonchev–Trinajstić information content (AvgIpc) is 2.92. The van der Waals surface area contributed by atoms with Gasteiger partial charge in [-0.1, -0.05) is 36.8 Å². The lowest BCUT2D eigenvalue weighted by molar-refractivity contribution is 0.429. The van der Waals surface area contributed by atoms with Crippen molar-refractivity contribution in [1.82, 2.24) is 20.3 Å². The SMILES string of the molecule is C1CCNCC1.Nc1nccc(-c2cccnc2Oc2ccc(NS(=O)Cc3ccccc3)cc2F)n1. The number of nitrogens with two attached hydrogens (primary N) is 1. The van der Waals surface area contributed by atoms with E-state index in [0.717, 1.165) is 5.56 Å². The Morgan fingerprint density at radius 3 is 2.46 bits per heavy atom. The number of aromatic nitrogens is 3. The standard InChI is InChI=1S/C22H18FN5O2S.C5H11N/c23-18-13-16(28-31(29)14-15-5-2-1-3-6-15)8-9-20(18)30-21-17(7-4-11-25-21)19-10-12-26-22(24)27-19;1-2-4-6-5-3-1/h1-13,28H,14H2,(H2,24,26,27);6H,1-5H2. The Bertz CT molecular complexity index is 1310. The Labute approximate surface area is 218 Å². The molecule has 0 amide bonds. The average molecular weight is 521 g/mol. The summed E-state index contributed by atoms with van der Waals surface area (Å²) in [7, 11) is -1.40. The van der Waals surface area contributed by atoms with Crippen LogP contribution in [0.5, 0.6) is 11.6 Å². The molecule has 0 bridgehead atoms. The Hall–Kier alpha value is -3.89. The first-order valence-electron chi connectivity index (χ1n) is 12.0. The fourth-order valence-electron chi connectivity index (χ4n) is 3.64. The number of benzene rings is 2. The van der Waals surface area contributed by atoms with E-state index in [9.17, 15) is 8.60 Å². The number of hydrogen-bond acceptors (Lipinski definition) is 7. The van der Waals surface area contributed by atoms with Crippen molar-refractivity contribution in [2.75, 3.05) is 23.5 Å². The van der Waals surface area contributed by atoms with Gasteiger partial charge in [-0.25, -0.2) is 23.6 Å². The number of piperidine rings is 1. The van der Waals surface area contributed by atoms with Gasteiger partial charge in [0, 0.05) is 24.1 Å². The van der Waals surface area contributed by atoms with Crippen molar-refractivity contribution in [1.29, 1.82) is 0 Å². The first kappa shape index (κ1) is 26.2. The molecule has 4 aromatic rings. The minimum Gasteiger partial charge on any atom is -0.435 e. The van der Waals surface area contributed by atoms with E-state index in [4.69, 9.17) is 10.5 Å². The molecule has 2 aromatic carbocycles. The second kappa shape index (κ2) is 13.4. The third-order valence-electron chi connectivity index (χ3n) is 5.44. The molecular weight excluding hydrogens is 491 g/mol. The van der Waals surface area contributed by atoms with E-state index in [1.807, 2.05) is 30.3 Å². The highest BCUT2D eigenvalue weighted by Crippen LogP contribution is 2.32. The van der Waals surface area contributed by atoms with Crippen molar-refractivity contribution in [2.45, 2.75) is 25.0 Å². The Kier molecular flexibility index (Phi) is 9.50. The molecule has 2 aromatic heterocycles. The summed E-state index contributed by atoms with van der Waals surface area (Å²) in [6.45, 7) is 2.50. The predicted octanol–water partition coefficient (Wildman–Crippen LogP) is 5.09. The Balaban J connectivity index is 0.000000469. The number of ether oxygens (including phenoxy) is 1. The zero-order valence-electron chi connectivity index (χ0n) is 20.3. The molecule has 4 N–H and O–H groups in total. The zero-order chi connectivity index (χ0) is 25.9. The minimum absolute atomic E-state index is 0.0265. The molecule has 10 heteroatoms. The van der Waals surface area contributed by atoms with Gasteiger partial charge in [-0.2, -0.15) is 0 Å². The molecule has 1 saturated heterocycles. The van der Waals surface area contributed by atoms with Gasteiger partial charge < -0.3 is 20.5 Å². The highest BCUT2D eigenvalue weighted by molar-refractivity contribution is 7.85. The molecule has 8 nitrogen and oxygen atoms in total. The zero-order valence-corrected chi connectivity index (χ0v) is 21.1. The Morgan fingerprint density at radius 2 is 1.78 bits per heavy atom. The molecule has 0 aliphatic carbocycles. The normalized spacial score (nSPS) is 13.6. The molecule has 1 atom stereocenters. The quantitative estimate of drug-likeness (QED) is 0.311. The molecule has 1 aliphatic heterocycles. The number of nitrogen functional groups attached to an aromatic ring is 1. The first-order chi connectivity index (χ1) is 18.1. The highest BCUT2D eigenvalue weighted by atomic mass is 32.2. The van der Waals surface area contributed by atoms with Crippen molar-refractivity contribution in [2.24, 2.45) is 0 Å². The molecule has 5 rings (SSSR count). The second-order valence-corrected chi connectivity index (χ2v) is 9.48. The number of pyridine rings is 1. The van der Waals surface area contributed by atoms with Crippen LogP contribution >= 0.6 is 0 Å². The molecule has 0 saturated carbocycles. The van der Waals surface area contributed by atoms with Gasteiger partial charge in [0.15, 0.2) is 11.6 Å². The van der Waals surface area contributed by atoms with E-state index in [1.165, 1.54) is 56.9 Å². The van der Waals surface area contributed by atoms with Crippen LogP contribution in [0.25, 0.3) is 11.3 Å². The summed E-state index contributed by atoms with van der Waals surface area (Å²) < 4.78 is 35.5. The summed E-state index contributed by atoms with van der Waals surface area (Å²) in [5.74, 6) is -0.0627. The van der Waals surface area contributed by atoms with Crippen LogP contribution in [0.3, 0.4) is 0 Å². The van der Waals surface area contributed by atoms with Gasteiger partial charge in [0.2, 0.25) is 11.8 Å². The fourth-order valence-corrected chi connectivity index (χ4v) is 4.59. The third-order valence-corrected chi connectivity index (χ3v) is 6.50. The smallest absolute Gasteiger partial charge is 0.228 e. The highest BCUT2D eigenvalue weighted by Gasteiger charge is 2.14.